The van der Waals surface area contributed by atoms with Gasteiger partial charge in [-0.25, -0.2) is 0 Å². The maximum Gasteiger partial charge on any atom is 0.220 e. The number of rotatable bonds is 5. The first-order valence-corrected chi connectivity index (χ1v) is 9.56. The van der Waals surface area contributed by atoms with Gasteiger partial charge in [-0.2, -0.15) is 0 Å². The molecule has 3 heterocycles. The van der Waals surface area contributed by atoms with Gasteiger partial charge >= 0.3 is 0 Å². The molecule has 2 bridgehead atoms. The molecule has 3 aliphatic heterocycles. The predicted octanol–water partition coefficient (Wildman–Crippen LogP) is 3.32. The van der Waals surface area contributed by atoms with Crippen molar-refractivity contribution in [1.82, 2.24) is 10.6 Å². The zero-order valence-electron chi connectivity index (χ0n) is 15.4. The molecule has 6 heteroatoms. The number of fused-ring (bicyclic) bond motifs is 3. The molecule has 4 rings (SSSR count). The van der Waals surface area contributed by atoms with Gasteiger partial charge in [-0.05, 0) is 56.6 Å². The third-order valence-corrected chi connectivity index (χ3v) is 6.09. The van der Waals surface area contributed by atoms with Gasteiger partial charge in [0, 0.05) is 43.3 Å². The fourth-order valence-electron chi connectivity index (χ4n) is 4.87. The Kier molecular flexibility index (Phi) is 7.63. The van der Waals surface area contributed by atoms with Crippen LogP contribution >= 0.6 is 24.8 Å². The fourth-order valence-corrected chi connectivity index (χ4v) is 4.87. The van der Waals surface area contributed by atoms with E-state index in [2.05, 4.69) is 46.7 Å². The van der Waals surface area contributed by atoms with E-state index >= 15 is 0 Å². The van der Waals surface area contributed by atoms with E-state index in [-0.39, 0.29) is 30.7 Å². The number of carbonyl (C=O) groups is 1. The number of benzene rings is 1. The highest BCUT2D eigenvalue weighted by molar-refractivity contribution is 5.85. The van der Waals surface area contributed by atoms with Gasteiger partial charge in [0.1, 0.15) is 0 Å². The van der Waals surface area contributed by atoms with Crippen molar-refractivity contribution in [2.24, 2.45) is 5.92 Å². The maximum absolute atomic E-state index is 12.4. The molecular formula is C20H31Cl2N3O. The van der Waals surface area contributed by atoms with Crippen LogP contribution in [0.25, 0.3) is 0 Å². The Hall–Kier alpha value is -0.970. The van der Waals surface area contributed by atoms with Gasteiger partial charge in [0.2, 0.25) is 5.91 Å². The third kappa shape index (κ3) is 4.65. The third-order valence-electron chi connectivity index (χ3n) is 6.09. The molecule has 3 aliphatic rings. The Bertz CT molecular complexity index is 600. The standard InChI is InChI=1S/C20H29N3O.2ClH/c1-14(23-9-8-16-4-2-3-5-19(16)23)13-21-20(24)12-15-10-17-6-7-18(11-15)22-17;;/h2-5,14-15,17-18,22H,6-13H2,1H3,(H,21,24);2*1H. The van der Waals surface area contributed by atoms with Gasteiger partial charge in [0.05, 0.1) is 0 Å². The second kappa shape index (κ2) is 9.29. The molecule has 3 unspecified atom stereocenters. The van der Waals surface area contributed by atoms with Gasteiger partial charge in [0.25, 0.3) is 0 Å². The summed E-state index contributed by atoms with van der Waals surface area (Å²) in [6, 6.07) is 10.3. The summed E-state index contributed by atoms with van der Waals surface area (Å²) in [7, 11) is 0. The minimum absolute atomic E-state index is 0. The number of amides is 1. The Morgan fingerprint density at radius 2 is 1.92 bits per heavy atom. The van der Waals surface area contributed by atoms with Gasteiger partial charge < -0.3 is 15.5 Å². The van der Waals surface area contributed by atoms with E-state index < -0.39 is 0 Å². The summed E-state index contributed by atoms with van der Waals surface area (Å²) in [5.41, 5.74) is 2.77. The number of halogens is 2. The van der Waals surface area contributed by atoms with Gasteiger partial charge in [-0.3, -0.25) is 4.79 Å². The predicted molar refractivity (Wildman–Crippen MR) is 112 cm³/mol. The lowest BCUT2D eigenvalue weighted by Crippen LogP contribution is -2.43. The van der Waals surface area contributed by atoms with Crippen molar-refractivity contribution in [3.63, 3.8) is 0 Å². The highest BCUT2D eigenvalue weighted by Crippen LogP contribution is 2.32. The monoisotopic (exact) mass is 399 g/mol. The topological polar surface area (TPSA) is 44.4 Å². The van der Waals surface area contributed by atoms with E-state index in [0.717, 1.165) is 19.5 Å². The van der Waals surface area contributed by atoms with Crippen LogP contribution in [0.1, 0.15) is 44.6 Å². The molecule has 3 atom stereocenters. The van der Waals surface area contributed by atoms with E-state index in [1.54, 1.807) is 0 Å². The van der Waals surface area contributed by atoms with E-state index in [4.69, 9.17) is 0 Å². The van der Waals surface area contributed by atoms with Crippen molar-refractivity contribution in [1.29, 1.82) is 0 Å². The van der Waals surface area contributed by atoms with Crippen molar-refractivity contribution in [2.45, 2.75) is 63.6 Å². The van der Waals surface area contributed by atoms with Gasteiger partial charge in [-0.15, -0.1) is 24.8 Å². The first kappa shape index (κ1) is 21.3. The number of hydrogen-bond acceptors (Lipinski definition) is 3. The number of para-hydroxylation sites is 1. The molecule has 1 aromatic rings. The van der Waals surface area contributed by atoms with Crippen LogP contribution in [0.2, 0.25) is 0 Å². The van der Waals surface area contributed by atoms with Crippen molar-refractivity contribution < 1.29 is 4.79 Å². The molecule has 1 aromatic carbocycles. The molecule has 0 aromatic heterocycles. The van der Waals surface area contributed by atoms with Crippen LogP contribution in [0.5, 0.6) is 0 Å². The molecule has 2 saturated heterocycles. The van der Waals surface area contributed by atoms with Crippen molar-refractivity contribution in [2.75, 3.05) is 18.0 Å². The second-order valence-electron chi connectivity index (χ2n) is 7.90. The minimum atomic E-state index is 0. The molecule has 0 saturated carbocycles. The summed E-state index contributed by atoms with van der Waals surface area (Å²) in [5.74, 6) is 0.812. The van der Waals surface area contributed by atoms with Crippen LogP contribution in [0.4, 0.5) is 5.69 Å². The number of carbonyl (C=O) groups excluding carboxylic acids is 1. The van der Waals surface area contributed by atoms with E-state index in [9.17, 15) is 4.79 Å². The largest absolute Gasteiger partial charge is 0.366 e. The number of nitrogens with zero attached hydrogens (tertiary/aromatic N) is 1. The Labute approximate surface area is 169 Å². The minimum Gasteiger partial charge on any atom is -0.366 e. The zero-order valence-corrected chi connectivity index (χ0v) is 17.1. The van der Waals surface area contributed by atoms with Crippen LogP contribution in [0.15, 0.2) is 24.3 Å². The smallest absolute Gasteiger partial charge is 0.220 e. The summed E-state index contributed by atoms with van der Waals surface area (Å²) < 4.78 is 0. The van der Waals surface area contributed by atoms with Crippen molar-refractivity contribution in [3.8, 4) is 0 Å². The van der Waals surface area contributed by atoms with Crippen LogP contribution in [-0.4, -0.2) is 37.1 Å². The Balaban J connectivity index is 0.00000121. The average Bonchev–Trinajstić information content (AvgIpc) is 3.16. The normalized spacial score (nSPS) is 27.1. The second-order valence-corrected chi connectivity index (χ2v) is 7.90. The summed E-state index contributed by atoms with van der Waals surface area (Å²) in [6.45, 7) is 4.02. The molecule has 2 fully saturated rings. The number of anilines is 1. The first-order chi connectivity index (χ1) is 11.7. The fraction of sp³-hybridized carbons (Fsp3) is 0.650. The lowest BCUT2D eigenvalue weighted by atomic mass is 9.89. The molecular weight excluding hydrogens is 369 g/mol. The first-order valence-electron chi connectivity index (χ1n) is 9.56. The molecule has 0 aliphatic carbocycles. The summed E-state index contributed by atoms with van der Waals surface area (Å²) in [6.07, 6.45) is 6.78. The Morgan fingerprint density at radius 3 is 2.65 bits per heavy atom. The van der Waals surface area contributed by atoms with E-state index in [0.29, 0.717) is 30.5 Å². The molecule has 146 valence electrons. The highest BCUT2D eigenvalue weighted by Gasteiger charge is 2.34. The molecule has 26 heavy (non-hydrogen) atoms. The van der Waals surface area contributed by atoms with E-state index in [1.165, 1.54) is 36.9 Å². The number of nitrogens with one attached hydrogen (secondary N) is 2. The average molecular weight is 400 g/mol. The molecule has 2 N–H and O–H groups in total. The molecule has 4 nitrogen and oxygen atoms in total. The highest BCUT2D eigenvalue weighted by atomic mass is 35.5. The molecule has 0 spiro atoms. The zero-order chi connectivity index (χ0) is 16.5. The Morgan fingerprint density at radius 1 is 1.23 bits per heavy atom. The SMILES string of the molecule is CC(CNC(=O)CC1CC2CCC(C1)N2)N1CCc2ccccc21.Cl.Cl. The summed E-state index contributed by atoms with van der Waals surface area (Å²) in [4.78, 5) is 14.8. The number of piperidine rings is 1. The lowest BCUT2D eigenvalue weighted by Gasteiger charge is -2.30. The van der Waals surface area contributed by atoms with Gasteiger partial charge in [0.15, 0.2) is 0 Å². The molecule has 1 amide bonds. The summed E-state index contributed by atoms with van der Waals surface area (Å²) >= 11 is 0. The van der Waals surface area contributed by atoms with Crippen LogP contribution in [0, 0.1) is 5.92 Å². The summed E-state index contributed by atoms with van der Waals surface area (Å²) in [5, 5.41) is 6.84. The van der Waals surface area contributed by atoms with E-state index in [1.807, 2.05) is 0 Å². The van der Waals surface area contributed by atoms with Crippen LogP contribution in [0.3, 0.4) is 0 Å². The lowest BCUT2D eigenvalue weighted by molar-refractivity contribution is -0.122. The van der Waals surface area contributed by atoms with Crippen LogP contribution in [-0.2, 0) is 11.2 Å². The maximum atomic E-state index is 12.4. The quantitative estimate of drug-likeness (QED) is 0.797. The van der Waals surface area contributed by atoms with Crippen molar-refractivity contribution >= 4 is 36.4 Å². The number of hydrogen-bond donors (Lipinski definition) is 2. The molecule has 0 radical (unpaired) electrons. The van der Waals surface area contributed by atoms with Crippen molar-refractivity contribution in [3.05, 3.63) is 29.8 Å². The van der Waals surface area contributed by atoms with Crippen LogP contribution < -0.4 is 15.5 Å². The van der Waals surface area contributed by atoms with Gasteiger partial charge in [-0.1, -0.05) is 18.2 Å².